The number of carbonyl (C=O) groups is 1. The molecule has 0 aliphatic carbocycles. The number of nitrogens with two attached hydrogens (primary N) is 1. The molecule has 5 rings (SSSR count). The van der Waals surface area contributed by atoms with E-state index >= 15 is 0 Å². The van der Waals surface area contributed by atoms with Gasteiger partial charge in [-0.05, 0) is 53.6 Å². The number of rotatable bonds is 10. The van der Waals surface area contributed by atoms with Gasteiger partial charge in [-0.1, -0.05) is 84.4 Å². The minimum absolute atomic E-state index is 0.0648. The Labute approximate surface area is 227 Å². The van der Waals surface area contributed by atoms with Crippen molar-refractivity contribution in [2.45, 2.75) is 18.9 Å². The van der Waals surface area contributed by atoms with Gasteiger partial charge in [0.1, 0.15) is 11.3 Å². The molecule has 0 saturated carbocycles. The molecule has 0 amide bonds. The quantitative estimate of drug-likeness (QED) is 0.212. The summed E-state index contributed by atoms with van der Waals surface area (Å²) in [5.74, 6) is -0.657. The topological polar surface area (TPSA) is 77.5 Å². The van der Waals surface area contributed by atoms with Gasteiger partial charge in [-0.2, -0.15) is 0 Å². The van der Waals surface area contributed by atoms with Gasteiger partial charge in [0, 0.05) is 34.5 Å². The zero-order valence-electron chi connectivity index (χ0n) is 20.9. The normalized spacial score (nSPS) is 11.2. The number of hydrogen-bond acceptors (Lipinski definition) is 3. The van der Waals surface area contributed by atoms with E-state index in [0.29, 0.717) is 36.8 Å². The van der Waals surface area contributed by atoms with E-state index < -0.39 is 5.97 Å². The van der Waals surface area contributed by atoms with Crippen molar-refractivity contribution in [2.24, 2.45) is 5.73 Å². The fourth-order valence-corrected chi connectivity index (χ4v) is 5.35. The second-order valence-corrected chi connectivity index (χ2v) is 9.56. The van der Waals surface area contributed by atoms with Crippen LogP contribution in [0.25, 0.3) is 10.9 Å². The first-order valence-corrected chi connectivity index (χ1v) is 13.0. The van der Waals surface area contributed by atoms with Crippen LogP contribution in [0.4, 0.5) is 0 Å². The van der Waals surface area contributed by atoms with Gasteiger partial charge in [0.25, 0.3) is 0 Å². The summed E-state index contributed by atoms with van der Waals surface area (Å²) in [6.07, 6.45) is 1.24. The van der Waals surface area contributed by atoms with E-state index in [4.69, 9.17) is 22.1 Å². The Balaban J connectivity index is 1.64. The molecule has 1 heterocycles. The van der Waals surface area contributed by atoms with Crippen LogP contribution < -0.4 is 10.5 Å². The van der Waals surface area contributed by atoms with E-state index in [9.17, 15) is 9.90 Å². The number of ether oxygens (including phenoxy) is 1. The zero-order valence-corrected chi connectivity index (χ0v) is 21.6. The Morgan fingerprint density at radius 2 is 1.50 bits per heavy atom. The van der Waals surface area contributed by atoms with Crippen molar-refractivity contribution in [3.63, 3.8) is 0 Å². The number of para-hydroxylation sites is 1. The van der Waals surface area contributed by atoms with E-state index in [1.54, 1.807) is 24.3 Å². The highest BCUT2D eigenvalue weighted by molar-refractivity contribution is 6.31. The van der Waals surface area contributed by atoms with Crippen molar-refractivity contribution < 1.29 is 14.6 Å². The molecular formula is C32H29ClN2O3. The Morgan fingerprint density at radius 3 is 2.13 bits per heavy atom. The molecular weight excluding hydrogens is 496 g/mol. The smallest absolute Gasteiger partial charge is 0.339 e. The number of nitrogens with zero attached hydrogens (tertiary/aromatic N) is 1. The lowest BCUT2D eigenvalue weighted by Gasteiger charge is -2.25. The summed E-state index contributed by atoms with van der Waals surface area (Å²) in [5.41, 5.74) is 11.9. The molecule has 5 nitrogen and oxygen atoms in total. The summed E-state index contributed by atoms with van der Waals surface area (Å²) >= 11 is 6.50. The molecule has 0 atom stereocenters. The second-order valence-electron chi connectivity index (χ2n) is 9.12. The van der Waals surface area contributed by atoms with E-state index in [1.807, 2.05) is 24.3 Å². The number of benzene rings is 4. The molecule has 0 spiro atoms. The van der Waals surface area contributed by atoms with Crippen molar-refractivity contribution in [3.05, 3.63) is 136 Å². The third-order valence-corrected chi connectivity index (χ3v) is 7.01. The first-order valence-electron chi connectivity index (χ1n) is 12.6. The summed E-state index contributed by atoms with van der Waals surface area (Å²) in [6.45, 7) is 0.797. The molecule has 0 fully saturated rings. The number of fused-ring (bicyclic) bond motifs is 1. The van der Waals surface area contributed by atoms with Crippen LogP contribution in [0.3, 0.4) is 0 Å². The molecule has 38 heavy (non-hydrogen) atoms. The molecule has 5 aromatic rings. The van der Waals surface area contributed by atoms with Crippen molar-refractivity contribution >= 4 is 28.5 Å². The van der Waals surface area contributed by atoms with Crippen LogP contribution >= 0.6 is 11.6 Å². The summed E-state index contributed by atoms with van der Waals surface area (Å²) in [5, 5.41) is 11.2. The van der Waals surface area contributed by atoms with Crippen molar-refractivity contribution in [1.82, 2.24) is 4.57 Å². The van der Waals surface area contributed by atoms with Gasteiger partial charge in [-0.3, -0.25) is 0 Å². The molecule has 0 bridgehead atoms. The molecule has 0 unspecified atom stereocenters. The standard InChI is InChI=1S/C32H29ClN2O3/c33-24-15-16-28-27(21-24)25(18-20-38-30-14-8-7-13-26(30)32(36)37)29(17-19-34)35(28)31(22-9-3-1-4-10-22)23-11-5-2-6-12-23/h1-16,21,31H,17-20,34H2,(H,36,37). The van der Waals surface area contributed by atoms with E-state index in [-0.39, 0.29) is 11.6 Å². The first-order chi connectivity index (χ1) is 18.6. The molecule has 1 aromatic heterocycles. The number of halogens is 1. The molecule has 6 heteroatoms. The number of hydrogen-bond donors (Lipinski definition) is 2. The predicted octanol–water partition coefficient (Wildman–Crippen LogP) is 6.75. The summed E-state index contributed by atoms with van der Waals surface area (Å²) < 4.78 is 8.38. The summed E-state index contributed by atoms with van der Waals surface area (Å²) in [4.78, 5) is 11.6. The Bertz CT molecular complexity index is 1510. The molecule has 0 aliphatic rings. The third kappa shape index (κ3) is 5.17. The molecule has 0 radical (unpaired) electrons. The Hall–Kier alpha value is -4.06. The highest BCUT2D eigenvalue weighted by Gasteiger charge is 2.25. The lowest BCUT2D eigenvalue weighted by molar-refractivity contribution is 0.0692. The van der Waals surface area contributed by atoms with Crippen molar-refractivity contribution in [2.75, 3.05) is 13.2 Å². The van der Waals surface area contributed by atoms with Gasteiger partial charge in [0.2, 0.25) is 0 Å². The van der Waals surface area contributed by atoms with Gasteiger partial charge in [-0.25, -0.2) is 4.79 Å². The minimum atomic E-state index is -1.01. The van der Waals surface area contributed by atoms with Gasteiger partial charge < -0.3 is 20.1 Å². The van der Waals surface area contributed by atoms with Gasteiger partial charge in [0.15, 0.2) is 0 Å². The Kier molecular flexibility index (Phi) is 7.78. The third-order valence-electron chi connectivity index (χ3n) is 6.78. The molecule has 4 aromatic carbocycles. The predicted molar refractivity (Wildman–Crippen MR) is 152 cm³/mol. The maximum absolute atomic E-state index is 11.6. The highest BCUT2D eigenvalue weighted by Crippen LogP contribution is 2.37. The fourth-order valence-electron chi connectivity index (χ4n) is 5.18. The fraction of sp³-hybridized carbons (Fsp3) is 0.156. The van der Waals surface area contributed by atoms with Crippen LogP contribution in [0.15, 0.2) is 103 Å². The van der Waals surface area contributed by atoms with Crippen molar-refractivity contribution in [3.8, 4) is 5.75 Å². The Morgan fingerprint density at radius 1 is 0.868 bits per heavy atom. The van der Waals surface area contributed by atoms with Gasteiger partial charge in [-0.15, -0.1) is 0 Å². The molecule has 0 aliphatic heterocycles. The number of aromatic nitrogens is 1. The van der Waals surface area contributed by atoms with Crippen LogP contribution in [0.1, 0.15) is 38.8 Å². The zero-order chi connectivity index (χ0) is 26.5. The number of aromatic carboxylic acids is 1. The van der Waals surface area contributed by atoms with Gasteiger partial charge >= 0.3 is 5.97 Å². The van der Waals surface area contributed by atoms with Crippen LogP contribution in [0.2, 0.25) is 5.02 Å². The van der Waals surface area contributed by atoms with Crippen LogP contribution in [-0.4, -0.2) is 28.8 Å². The molecule has 3 N–H and O–H groups in total. The summed E-state index contributed by atoms with van der Waals surface area (Å²) in [6, 6.07) is 33.5. The monoisotopic (exact) mass is 524 g/mol. The maximum Gasteiger partial charge on any atom is 0.339 e. The van der Waals surface area contributed by atoms with E-state index in [1.165, 1.54) is 11.1 Å². The van der Waals surface area contributed by atoms with Crippen LogP contribution in [0.5, 0.6) is 5.75 Å². The van der Waals surface area contributed by atoms with Crippen LogP contribution in [-0.2, 0) is 12.8 Å². The van der Waals surface area contributed by atoms with Gasteiger partial charge in [0.05, 0.1) is 12.6 Å². The number of carboxylic acid groups (broad SMARTS) is 1. The average molecular weight is 525 g/mol. The minimum Gasteiger partial charge on any atom is -0.492 e. The van der Waals surface area contributed by atoms with Crippen LogP contribution in [0, 0.1) is 0 Å². The first kappa shape index (κ1) is 25.6. The largest absolute Gasteiger partial charge is 0.492 e. The van der Waals surface area contributed by atoms with Crippen molar-refractivity contribution in [1.29, 1.82) is 0 Å². The average Bonchev–Trinajstić information content (AvgIpc) is 3.22. The van der Waals surface area contributed by atoms with E-state index in [0.717, 1.165) is 22.2 Å². The second kappa shape index (κ2) is 11.5. The highest BCUT2D eigenvalue weighted by atomic mass is 35.5. The molecule has 192 valence electrons. The van der Waals surface area contributed by atoms with E-state index in [2.05, 4.69) is 59.2 Å². The SMILES string of the molecule is NCCc1c(CCOc2ccccc2C(=O)O)c2cc(Cl)ccc2n1C(c1ccccc1)c1ccccc1. The maximum atomic E-state index is 11.6. The molecule has 0 saturated heterocycles. The lowest BCUT2D eigenvalue weighted by atomic mass is 9.97. The number of carboxylic acids is 1. The summed E-state index contributed by atoms with van der Waals surface area (Å²) in [7, 11) is 0. The lowest BCUT2D eigenvalue weighted by Crippen LogP contribution is -2.18.